The molecule has 2 heterocycles. The fourth-order valence-electron chi connectivity index (χ4n) is 2.46. The van der Waals surface area contributed by atoms with Crippen molar-refractivity contribution in [3.05, 3.63) is 47.3 Å². The zero-order chi connectivity index (χ0) is 12.7. The summed E-state index contributed by atoms with van der Waals surface area (Å²) in [5.41, 5.74) is 11.4. The molecule has 0 fully saturated rings. The number of fused-ring (bicyclic) bond motifs is 3. The van der Waals surface area contributed by atoms with E-state index >= 15 is 0 Å². The average molecular weight is 239 g/mol. The lowest BCUT2D eigenvalue weighted by Gasteiger charge is -2.06. The smallest absolute Gasteiger partial charge is 0.137 e. The van der Waals surface area contributed by atoms with Gasteiger partial charge in [-0.25, -0.2) is 4.98 Å². The number of benzene rings is 1. The van der Waals surface area contributed by atoms with E-state index in [0.717, 1.165) is 17.8 Å². The molecule has 0 aliphatic rings. The summed E-state index contributed by atoms with van der Waals surface area (Å²) in [6, 6.07) is 8.68. The van der Waals surface area contributed by atoms with Crippen LogP contribution in [0.3, 0.4) is 0 Å². The summed E-state index contributed by atoms with van der Waals surface area (Å²) < 4.78 is 2.16. The molecule has 3 nitrogen and oxygen atoms in total. The van der Waals surface area contributed by atoms with E-state index in [9.17, 15) is 0 Å². The highest BCUT2D eigenvalue weighted by Gasteiger charge is 2.07. The fourth-order valence-corrected chi connectivity index (χ4v) is 2.46. The highest BCUT2D eigenvalue weighted by molar-refractivity contribution is 5.86. The van der Waals surface area contributed by atoms with Crippen molar-refractivity contribution in [2.24, 2.45) is 5.73 Å². The second-order valence-electron chi connectivity index (χ2n) is 4.85. The molecule has 0 aliphatic heterocycles. The van der Waals surface area contributed by atoms with Crippen LogP contribution in [0.2, 0.25) is 0 Å². The molecule has 2 aromatic heterocycles. The maximum Gasteiger partial charge on any atom is 0.137 e. The van der Waals surface area contributed by atoms with Crippen LogP contribution in [0.1, 0.15) is 16.8 Å². The van der Waals surface area contributed by atoms with Gasteiger partial charge in [-0.15, -0.1) is 0 Å². The molecule has 3 rings (SSSR count). The largest absolute Gasteiger partial charge is 0.330 e. The second kappa shape index (κ2) is 4.10. The van der Waals surface area contributed by atoms with Crippen LogP contribution >= 0.6 is 0 Å². The maximum absolute atomic E-state index is 5.60. The lowest BCUT2D eigenvalue weighted by atomic mass is 10.1. The van der Waals surface area contributed by atoms with Gasteiger partial charge in [0.05, 0.1) is 11.2 Å². The Kier molecular flexibility index (Phi) is 2.56. The molecule has 0 saturated heterocycles. The molecule has 3 heteroatoms. The summed E-state index contributed by atoms with van der Waals surface area (Å²) in [5, 5.41) is 1.29. The number of imidazole rings is 1. The normalized spacial score (nSPS) is 11.5. The molecular formula is C15H17N3. The maximum atomic E-state index is 5.60. The summed E-state index contributed by atoms with van der Waals surface area (Å²) >= 11 is 0. The predicted octanol–water partition coefficient (Wildman–Crippen LogP) is 2.61. The molecule has 18 heavy (non-hydrogen) atoms. The van der Waals surface area contributed by atoms with Crippen molar-refractivity contribution < 1.29 is 0 Å². The molecule has 92 valence electrons. The number of hydrogen-bond donors (Lipinski definition) is 1. The van der Waals surface area contributed by atoms with Crippen LogP contribution in [0.4, 0.5) is 0 Å². The van der Waals surface area contributed by atoms with E-state index in [1.54, 1.807) is 0 Å². The third-order valence-electron chi connectivity index (χ3n) is 3.37. The number of aryl methyl sites for hydroxylation is 2. The molecule has 2 N–H and O–H groups in total. The Hall–Kier alpha value is -1.87. The highest BCUT2D eigenvalue weighted by Crippen LogP contribution is 2.22. The van der Waals surface area contributed by atoms with Crippen molar-refractivity contribution >= 4 is 16.6 Å². The van der Waals surface area contributed by atoms with E-state index in [1.165, 1.54) is 22.0 Å². The van der Waals surface area contributed by atoms with Crippen molar-refractivity contribution in [3.8, 4) is 0 Å². The van der Waals surface area contributed by atoms with Crippen LogP contribution in [0.25, 0.3) is 16.6 Å². The van der Waals surface area contributed by atoms with Crippen molar-refractivity contribution in [1.82, 2.24) is 9.38 Å². The number of hydrogen-bond acceptors (Lipinski definition) is 2. The molecule has 0 amide bonds. The SMILES string of the molecule is Cc1ccc2c(c1)c(C)cc1nc(CCN)cn12. The standard InChI is InChI=1S/C15H17N3/c1-10-3-4-14-13(7-10)11(2)8-15-17-12(5-6-16)9-18(14)15/h3-4,7-9H,5-6,16H2,1-2H3. The molecular weight excluding hydrogens is 222 g/mol. The van der Waals surface area contributed by atoms with Gasteiger partial charge in [0.1, 0.15) is 5.65 Å². The number of nitrogens with zero attached hydrogens (tertiary/aromatic N) is 2. The quantitative estimate of drug-likeness (QED) is 0.747. The lowest BCUT2D eigenvalue weighted by Crippen LogP contribution is -2.02. The van der Waals surface area contributed by atoms with E-state index in [1.807, 2.05) is 0 Å². The first-order valence-electron chi connectivity index (χ1n) is 6.27. The molecule has 1 aromatic carbocycles. The lowest BCUT2D eigenvalue weighted by molar-refractivity contribution is 0.937. The van der Waals surface area contributed by atoms with Gasteiger partial charge in [-0.2, -0.15) is 0 Å². The van der Waals surface area contributed by atoms with Gasteiger partial charge < -0.3 is 5.73 Å². The Morgan fingerprint density at radius 2 is 2.06 bits per heavy atom. The van der Waals surface area contributed by atoms with Gasteiger partial charge in [0.15, 0.2) is 0 Å². The molecule has 0 bridgehead atoms. The molecule has 0 saturated carbocycles. The Morgan fingerprint density at radius 1 is 1.22 bits per heavy atom. The third-order valence-corrected chi connectivity index (χ3v) is 3.37. The van der Waals surface area contributed by atoms with Crippen molar-refractivity contribution in [3.63, 3.8) is 0 Å². The number of nitrogens with two attached hydrogens (primary N) is 1. The van der Waals surface area contributed by atoms with Crippen molar-refractivity contribution in [2.75, 3.05) is 6.54 Å². The molecule has 0 spiro atoms. The van der Waals surface area contributed by atoms with E-state index in [4.69, 9.17) is 5.73 Å². The van der Waals surface area contributed by atoms with Crippen LogP contribution < -0.4 is 5.73 Å². The van der Waals surface area contributed by atoms with Crippen molar-refractivity contribution in [1.29, 1.82) is 0 Å². The highest BCUT2D eigenvalue weighted by atomic mass is 15.0. The fraction of sp³-hybridized carbons (Fsp3) is 0.267. The summed E-state index contributed by atoms with van der Waals surface area (Å²) in [4.78, 5) is 4.62. The summed E-state index contributed by atoms with van der Waals surface area (Å²) in [6.45, 7) is 4.90. The van der Waals surface area contributed by atoms with Gasteiger partial charge in [0.2, 0.25) is 0 Å². The predicted molar refractivity (Wildman–Crippen MR) is 74.9 cm³/mol. The van der Waals surface area contributed by atoms with E-state index in [0.29, 0.717) is 6.54 Å². The van der Waals surface area contributed by atoms with Gasteiger partial charge in [-0.1, -0.05) is 11.6 Å². The van der Waals surface area contributed by atoms with Crippen LogP contribution in [0.5, 0.6) is 0 Å². The molecule has 0 radical (unpaired) electrons. The number of rotatable bonds is 2. The third kappa shape index (κ3) is 1.68. The van der Waals surface area contributed by atoms with Gasteiger partial charge >= 0.3 is 0 Å². The second-order valence-corrected chi connectivity index (χ2v) is 4.85. The Labute approximate surface area is 106 Å². The first-order chi connectivity index (χ1) is 8.69. The number of pyridine rings is 1. The minimum Gasteiger partial charge on any atom is -0.330 e. The first kappa shape index (κ1) is 11.2. The van der Waals surface area contributed by atoms with E-state index in [-0.39, 0.29) is 0 Å². The van der Waals surface area contributed by atoms with E-state index < -0.39 is 0 Å². The van der Waals surface area contributed by atoms with Crippen LogP contribution in [0, 0.1) is 13.8 Å². The Balaban J connectivity index is 2.37. The average Bonchev–Trinajstić information content (AvgIpc) is 2.72. The van der Waals surface area contributed by atoms with Gasteiger partial charge in [-0.05, 0) is 44.2 Å². The van der Waals surface area contributed by atoms with Crippen LogP contribution in [0.15, 0.2) is 30.5 Å². The van der Waals surface area contributed by atoms with Crippen molar-refractivity contribution in [2.45, 2.75) is 20.3 Å². The number of aromatic nitrogens is 2. The zero-order valence-corrected chi connectivity index (χ0v) is 10.8. The minimum atomic E-state index is 0.639. The van der Waals surface area contributed by atoms with Crippen LogP contribution in [-0.4, -0.2) is 15.9 Å². The minimum absolute atomic E-state index is 0.639. The molecule has 0 atom stereocenters. The monoisotopic (exact) mass is 239 g/mol. The van der Waals surface area contributed by atoms with Gasteiger partial charge in [-0.3, -0.25) is 4.40 Å². The Bertz CT molecular complexity index is 725. The molecule has 0 aliphatic carbocycles. The van der Waals surface area contributed by atoms with Gasteiger partial charge in [0, 0.05) is 18.0 Å². The topological polar surface area (TPSA) is 43.3 Å². The van der Waals surface area contributed by atoms with Crippen LogP contribution in [-0.2, 0) is 6.42 Å². The Morgan fingerprint density at radius 3 is 2.83 bits per heavy atom. The summed E-state index contributed by atoms with van der Waals surface area (Å²) in [6.07, 6.45) is 2.92. The summed E-state index contributed by atoms with van der Waals surface area (Å²) in [7, 11) is 0. The first-order valence-corrected chi connectivity index (χ1v) is 6.27. The zero-order valence-electron chi connectivity index (χ0n) is 10.8. The summed E-state index contributed by atoms with van der Waals surface area (Å²) in [5.74, 6) is 0. The van der Waals surface area contributed by atoms with Gasteiger partial charge in [0.25, 0.3) is 0 Å². The molecule has 0 unspecified atom stereocenters. The van der Waals surface area contributed by atoms with E-state index in [2.05, 4.69) is 53.7 Å². The molecule has 3 aromatic rings.